The minimum Gasteiger partial charge on any atom is -0.301 e. The van der Waals surface area contributed by atoms with Gasteiger partial charge in [-0.2, -0.15) is 0 Å². The number of aryl methyl sites for hydroxylation is 2. The SMILES string of the molecule is Cc1ccc(C)c2c1C(=O)C(=O)N2CC=CCCl. The first-order valence-corrected chi connectivity index (χ1v) is 6.28. The molecule has 1 aliphatic heterocycles. The molecule has 2 rings (SSSR count). The molecular formula is C14H14ClNO2. The number of halogens is 1. The number of hydrogen-bond acceptors (Lipinski definition) is 2. The lowest BCUT2D eigenvalue weighted by molar-refractivity contribution is -0.114. The highest BCUT2D eigenvalue weighted by atomic mass is 35.5. The molecule has 0 N–H and O–H groups in total. The van der Waals surface area contributed by atoms with Gasteiger partial charge >= 0.3 is 0 Å². The maximum absolute atomic E-state index is 12.0. The molecule has 1 aliphatic rings. The predicted octanol–water partition coefficient (Wildman–Crippen LogP) is 2.63. The molecule has 0 aliphatic carbocycles. The van der Waals surface area contributed by atoms with Gasteiger partial charge in [-0.3, -0.25) is 9.59 Å². The molecule has 0 radical (unpaired) electrons. The standard InChI is InChI=1S/C14H14ClNO2/c1-9-5-6-10(2)12-11(9)13(17)14(18)16(12)8-4-3-7-15/h3-6H,7-8H2,1-2H3. The molecule has 0 atom stereocenters. The van der Waals surface area contributed by atoms with Crippen LogP contribution in [0.1, 0.15) is 21.5 Å². The lowest BCUT2D eigenvalue weighted by atomic mass is 10.0. The van der Waals surface area contributed by atoms with Gasteiger partial charge in [-0.05, 0) is 25.0 Å². The predicted molar refractivity (Wildman–Crippen MR) is 72.5 cm³/mol. The average Bonchev–Trinajstić information content (AvgIpc) is 2.60. The summed E-state index contributed by atoms with van der Waals surface area (Å²) in [5.74, 6) is -0.470. The molecule has 0 unspecified atom stereocenters. The van der Waals surface area contributed by atoms with Crippen LogP contribution in [-0.2, 0) is 4.79 Å². The van der Waals surface area contributed by atoms with Gasteiger partial charge < -0.3 is 4.90 Å². The summed E-state index contributed by atoms with van der Waals surface area (Å²) in [5, 5.41) is 0. The van der Waals surface area contributed by atoms with E-state index >= 15 is 0 Å². The molecule has 1 amide bonds. The zero-order chi connectivity index (χ0) is 13.3. The molecule has 1 aromatic rings. The second-order valence-corrected chi connectivity index (χ2v) is 4.60. The van der Waals surface area contributed by atoms with Crippen LogP contribution >= 0.6 is 11.6 Å². The van der Waals surface area contributed by atoms with Gasteiger partial charge in [0.25, 0.3) is 11.7 Å². The first-order chi connectivity index (χ1) is 8.57. The number of allylic oxidation sites excluding steroid dienone is 1. The van der Waals surface area contributed by atoms with Crippen LogP contribution in [0.25, 0.3) is 0 Å². The molecule has 0 fully saturated rings. The highest BCUT2D eigenvalue weighted by molar-refractivity contribution is 6.52. The number of nitrogens with zero attached hydrogens (tertiary/aromatic N) is 1. The number of alkyl halides is 1. The number of hydrogen-bond donors (Lipinski definition) is 0. The van der Waals surface area contributed by atoms with Crippen molar-refractivity contribution < 1.29 is 9.59 Å². The van der Waals surface area contributed by atoms with Crippen molar-refractivity contribution in [2.24, 2.45) is 0 Å². The Morgan fingerprint density at radius 3 is 2.50 bits per heavy atom. The van der Waals surface area contributed by atoms with Crippen molar-refractivity contribution in [3.05, 3.63) is 41.0 Å². The zero-order valence-electron chi connectivity index (χ0n) is 10.4. The molecule has 4 heteroatoms. The van der Waals surface area contributed by atoms with Crippen LogP contribution in [0.3, 0.4) is 0 Å². The quantitative estimate of drug-likeness (QED) is 0.478. The van der Waals surface area contributed by atoms with Gasteiger partial charge in [0.1, 0.15) is 0 Å². The fraction of sp³-hybridized carbons (Fsp3) is 0.286. The van der Waals surface area contributed by atoms with Gasteiger partial charge in [0.15, 0.2) is 0 Å². The molecule has 0 bridgehead atoms. The highest BCUT2D eigenvalue weighted by Gasteiger charge is 2.37. The van der Waals surface area contributed by atoms with Crippen LogP contribution in [0.4, 0.5) is 5.69 Å². The Hall–Kier alpha value is -1.61. The minimum absolute atomic E-state index is 0.384. The van der Waals surface area contributed by atoms with E-state index in [1.54, 1.807) is 12.2 Å². The number of ketones is 1. The number of benzene rings is 1. The molecule has 94 valence electrons. The maximum atomic E-state index is 12.0. The molecular weight excluding hydrogens is 250 g/mol. The second-order valence-electron chi connectivity index (χ2n) is 4.29. The summed E-state index contributed by atoms with van der Waals surface area (Å²) in [5.41, 5.74) is 3.07. The van der Waals surface area contributed by atoms with Gasteiger partial charge in [0.2, 0.25) is 0 Å². The number of amides is 1. The zero-order valence-corrected chi connectivity index (χ0v) is 11.1. The smallest absolute Gasteiger partial charge is 0.299 e. The molecule has 18 heavy (non-hydrogen) atoms. The lowest BCUT2D eigenvalue weighted by Gasteiger charge is -2.16. The van der Waals surface area contributed by atoms with Gasteiger partial charge in [0.05, 0.1) is 11.3 Å². The number of carbonyl (C=O) groups excluding carboxylic acids is 2. The van der Waals surface area contributed by atoms with Gasteiger partial charge in [-0.1, -0.05) is 24.3 Å². The number of rotatable bonds is 3. The van der Waals surface area contributed by atoms with Crippen LogP contribution in [0.2, 0.25) is 0 Å². The molecule has 0 aromatic heterocycles. The number of anilines is 1. The third kappa shape index (κ3) is 1.95. The minimum atomic E-state index is -0.457. The van der Waals surface area contributed by atoms with E-state index in [0.29, 0.717) is 18.0 Å². The third-order valence-electron chi connectivity index (χ3n) is 3.07. The van der Waals surface area contributed by atoms with Crippen LogP contribution < -0.4 is 4.90 Å². The second kappa shape index (κ2) is 4.94. The maximum Gasteiger partial charge on any atom is 0.299 e. The van der Waals surface area contributed by atoms with E-state index in [0.717, 1.165) is 16.8 Å². The Morgan fingerprint density at radius 1 is 1.17 bits per heavy atom. The fourth-order valence-corrected chi connectivity index (χ4v) is 2.30. The summed E-state index contributed by atoms with van der Waals surface area (Å²) >= 11 is 5.55. The summed E-state index contributed by atoms with van der Waals surface area (Å²) in [6.45, 7) is 4.14. The van der Waals surface area contributed by atoms with Crippen LogP contribution in [-0.4, -0.2) is 24.1 Å². The number of carbonyl (C=O) groups is 2. The van der Waals surface area contributed by atoms with Crippen molar-refractivity contribution in [3.63, 3.8) is 0 Å². The summed E-state index contributed by atoms with van der Waals surface area (Å²) < 4.78 is 0. The van der Waals surface area contributed by atoms with Crippen molar-refractivity contribution in [1.82, 2.24) is 0 Å². The molecule has 0 spiro atoms. The molecule has 1 aromatic carbocycles. The van der Waals surface area contributed by atoms with Gasteiger partial charge in [-0.25, -0.2) is 0 Å². The van der Waals surface area contributed by atoms with Crippen molar-refractivity contribution >= 4 is 29.0 Å². The van der Waals surface area contributed by atoms with Crippen molar-refractivity contribution in [1.29, 1.82) is 0 Å². The van der Waals surface area contributed by atoms with Gasteiger partial charge in [-0.15, -0.1) is 11.6 Å². The Bertz CT molecular complexity index is 549. The average molecular weight is 264 g/mol. The Balaban J connectivity index is 2.48. The molecule has 0 saturated heterocycles. The monoisotopic (exact) mass is 263 g/mol. The van der Waals surface area contributed by atoms with E-state index in [2.05, 4.69) is 0 Å². The Labute approximate surface area is 111 Å². The van der Waals surface area contributed by atoms with Crippen LogP contribution in [0.15, 0.2) is 24.3 Å². The Morgan fingerprint density at radius 2 is 1.83 bits per heavy atom. The van der Waals surface area contributed by atoms with Crippen molar-refractivity contribution in [3.8, 4) is 0 Å². The Kier molecular flexibility index (Phi) is 3.53. The number of fused-ring (bicyclic) bond motifs is 1. The molecule has 0 saturated carbocycles. The van der Waals surface area contributed by atoms with Gasteiger partial charge in [0, 0.05) is 12.4 Å². The van der Waals surface area contributed by atoms with E-state index in [1.807, 2.05) is 26.0 Å². The fourth-order valence-electron chi connectivity index (χ4n) is 2.18. The molecule has 1 heterocycles. The van der Waals surface area contributed by atoms with Crippen molar-refractivity contribution in [2.75, 3.05) is 17.3 Å². The van der Waals surface area contributed by atoms with E-state index in [-0.39, 0.29) is 0 Å². The van der Waals surface area contributed by atoms with E-state index in [4.69, 9.17) is 11.6 Å². The third-order valence-corrected chi connectivity index (χ3v) is 3.25. The summed E-state index contributed by atoms with van der Waals surface area (Å²) in [6.07, 6.45) is 3.57. The van der Waals surface area contributed by atoms with E-state index < -0.39 is 11.7 Å². The van der Waals surface area contributed by atoms with Crippen LogP contribution in [0.5, 0.6) is 0 Å². The topological polar surface area (TPSA) is 37.4 Å². The number of Topliss-reactive ketones (excluding diaryl/α,β-unsaturated/α-hetero) is 1. The van der Waals surface area contributed by atoms with Crippen molar-refractivity contribution in [2.45, 2.75) is 13.8 Å². The first-order valence-electron chi connectivity index (χ1n) is 5.75. The normalized spacial score (nSPS) is 14.7. The first kappa shape index (κ1) is 12.8. The summed E-state index contributed by atoms with van der Waals surface area (Å²) in [6, 6.07) is 3.80. The largest absolute Gasteiger partial charge is 0.301 e. The molecule has 3 nitrogen and oxygen atoms in total. The highest BCUT2D eigenvalue weighted by Crippen LogP contribution is 2.34. The van der Waals surface area contributed by atoms with E-state index in [9.17, 15) is 9.59 Å². The van der Waals surface area contributed by atoms with Crippen LogP contribution in [0, 0.1) is 13.8 Å². The summed E-state index contributed by atoms with van der Waals surface area (Å²) in [7, 11) is 0. The van der Waals surface area contributed by atoms with E-state index in [1.165, 1.54) is 4.90 Å². The lowest BCUT2D eigenvalue weighted by Crippen LogP contribution is -2.30. The summed E-state index contributed by atoms with van der Waals surface area (Å²) in [4.78, 5) is 25.5.